The maximum atomic E-state index is 12.3. The molecule has 1 atom stereocenters. The molecule has 1 aromatic carbocycles. The van der Waals surface area contributed by atoms with Gasteiger partial charge in [0.05, 0.1) is 20.8 Å². The Morgan fingerprint density at radius 2 is 2.14 bits per heavy atom. The third-order valence-electron chi connectivity index (χ3n) is 4.03. The zero-order valence-electron chi connectivity index (χ0n) is 13.2. The van der Waals surface area contributed by atoms with Crippen LogP contribution in [0.25, 0.3) is 0 Å². The predicted octanol–water partition coefficient (Wildman–Crippen LogP) is 0.890. The van der Waals surface area contributed by atoms with Crippen molar-refractivity contribution < 1.29 is 19.4 Å². The monoisotopic (exact) mass is 308 g/mol. The first-order valence-electron chi connectivity index (χ1n) is 7.54. The van der Waals surface area contributed by atoms with Crippen molar-refractivity contribution in [1.29, 1.82) is 0 Å². The summed E-state index contributed by atoms with van der Waals surface area (Å²) in [4.78, 5) is 14.5. The van der Waals surface area contributed by atoms with Gasteiger partial charge in [0.25, 0.3) is 5.91 Å². The number of nitrogens with zero attached hydrogens (tertiary/aromatic N) is 1. The van der Waals surface area contributed by atoms with Crippen molar-refractivity contribution in [2.45, 2.75) is 18.9 Å². The van der Waals surface area contributed by atoms with E-state index in [4.69, 9.17) is 14.6 Å². The Labute approximate surface area is 131 Å². The average Bonchev–Trinajstić information content (AvgIpc) is 2.99. The van der Waals surface area contributed by atoms with E-state index in [0.717, 1.165) is 19.4 Å². The number of benzene rings is 1. The number of ether oxygens (including phenoxy) is 2. The molecule has 0 saturated carbocycles. The van der Waals surface area contributed by atoms with Gasteiger partial charge in [0.1, 0.15) is 0 Å². The van der Waals surface area contributed by atoms with Gasteiger partial charge < -0.3 is 19.9 Å². The largest absolute Gasteiger partial charge is 0.493 e. The van der Waals surface area contributed by atoms with Crippen LogP contribution >= 0.6 is 0 Å². The number of methoxy groups -OCH3 is 2. The van der Waals surface area contributed by atoms with E-state index in [2.05, 4.69) is 10.2 Å². The number of rotatable bonds is 7. The van der Waals surface area contributed by atoms with Crippen molar-refractivity contribution in [1.82, 2.24) is 10.2 Å². The van der Waals surface area contributed by atoms with E-state index in [9.17, 15) is 4.79 Å². The molecule has 122 valence electrons. The van der Waals surface area contributed by atoms with E-state index >= 15 is 0 Å². The number of hydrogen-bond donors (Lipinski definition) is 2. The van der Waals surface area contributed by atoms with Crippen LogP contribution < -0.4 is 14.8 Å². The summed E-state index contributed by atoms with van der Waals surface area (Å²) >= 11 is 0. The van der Waals surface area contributed by atoms with Gasteiger partial charge in [-0.3, -0.25) is 9.69 Å². The summed E-state index contributed by atoms with van der Waals surface area (Å²) in [6.07, 6.45) is 2.16. The zero-order valence-corrected chi connectivity index (χ0v) is 13.2. The van der Waals surface area contributed by atoms with Crippen LogP contribution in [0.15, 0.2) is 18.2 Å². The van der Waals surface area contributed by atoms with Crippen LogP contribution in [0, 0.1) is 0 Å². The van der Waals surface area contributed by atoms with Crippen molar-refractivity contribution in [2.75, 3.05) is 40.5 Å². The van der Waals surface area contributed by atoms with Crippen LogP contribution in [0.5, 0.6) is 11.5 Å². The van der Waals surface area contributed by atoms with Crippen molar-refractivity contribution in [3.63, 3.8) is 0 Å². The number of aliphatic hydroxyl groups is 1. The van der Waals surface area contributed by atoms with E-state index in [1.54, 1.807) is 32.4 Å². The summed E-state index contributed by atoms with van der Waals surface area (Å²) in [5, 5.41) is 12.0. The van der Waals surface area contributed by atoms with Crippen molar-refractivity contribution in [3.8, 4) is 11.5 Å². The molecule has 22 heavy (non-hydrogen) atoms. The molecule has 1 aromatic rings. The van der Waals surface area contributed by atoms with Crippen LogP contribution in [0.1, 0.15) is 23.2 Å². The Hall–Kier alpha value is -1.79. The second kappa shape index (κ2) is 8.00. The fourth-order valence-electron chi connectivity index (χ4n) is 2.84. The first-order valence-corrected chi connectivity index (χ1v) is 7.54. The summed E-state index contributed by atoms with van der Waals surface area (Å²) in [7, 11) is 3.11. The van der Waals surface area contributed by atoms with Gasteiger partial charge >= 0.3 is 0 Å². The van der Waals surface area contributed by atoms with Gasteiger partial charge in [-0.15, -0.1) is 0 Å². The number of carbonyl (C=O) groups is 1. The van der Waals surface area contributed by atoms with E-state index in [1.807, 2.05) is 0 Å². The normalized spacial score (nSPS) is 18.2. The standard InChI is InChI=1S/C16H24N2O4/c1-21-14-6-5-12(10-15(14)22-2)16(20)17-11-13-4-3-7-18(13)8-9-19/h5-6,10,13,19H,3-4,7-9,11H2,1-2H3,(H,17,20). The highest BCUT2D eigenvalue weighted by atomic mass is 16.5. The van der Waals surface area contributed by atoms with Crippen LogP contribution in [-0.2, 0) is 0 Å². The lowest BCUT2D eigenvalue weighted by atomic mass is 10.1. The van der Waals surface area contributed by atoms with Crippen LogP contribution in [0.2, 0.25) is 0 Å². The number of likely N-dealkylation sites (tertiary alicyclic amines) is 1. The molecule has 1 fully saturated rings. The molecule has 2 N–H and O–H groups in total. The van der Waals surface area contributed by atoms with Crippen molar-refractivity contribution in [2.24, 2.45) is 0 Å². The molecule has 1 heterocycles. The smallest absolute Gasteiger partial charge is 0.251 e. The summed E-state index contributed by atoms with van der Waals surface area (Å²) in [6, 6.07) is 5.42. The molecule has 0 aromatic heterocycles. The lowest BCUT2D eigenvalue weighted by Gasteiger charge is -2.23. The van der Waals surface area contributed by atoms with Gasteiger partial charge in [0.2, 0.25) is 0 Å². The van der Waals surface area contributed by atoms with Gasteiger partial charge in [0.15, 0.2) is 11.5 Å². The quantitative estimate of drug-likeness (QED) is 0.783. The van der Waals surface area contributed by atoms with Crippen LogP contribution in [0.4, 0.5) is 0 Å². The second-order valence-corrected chi connectivity index (χ2v) is 5.34. The highest BCUT2D eigenvalue weighted by Crippen LogP contribution is 2.27. The Kier molecular flexibility index (Phi) is 6.03. The number of carbonyl (C=O) groups excluding carboxylic acids is 1. The summed E-state index contributed by atoms with van der Waals surface area (Å²) in [6.45, 7) is 2.39. The number of amides is 1. The van der Waals surface area contributed by atoms with E-state index in [0.29, 0.717) is 36.2 Å². The molecule has 0 aliphatic carbocycles. The average molecular weight is 308 g/mol. The molecule has 0 spiro atoms. The molecule has 6 heteroatoms. The van der Waals surface area contributed by atoms with Gasteiger partial charge in [0, 0.05) is 24.7 Å². The summed E-state index contributed by atoms with van der Waals surface area (Å²) < 4.78 is 10.4. The predicted molar refractivity (Wildman–Crippen MR) is 83.6 cm³/mol. The second-order valence-electron chi connectivity index (χ2n) is 5.34. The minimum absolute atomic E-state index is 0.128. The van der Waals surface area contributed by atoms with Gasteiger partial charge in [-0.1, -0.05) is 0 Å². The maximum Gasteiger partial charge on any atom is 0.251 e. The zero-order chi connectivity index (χ0) is 15.9. The molecule has 0 radical (unpaired) electrons. The highest BCUT2D eigenvalue weighted by Gasteiger charge is 2.24. The Morgan fingerprint density at radius 3 is 2.82 bits per heavy atom. The fourth-order valence-corrected chi connectivity index (χ4v) is 2.84. The molecule has 1 saturated heterocycles. The fraction of sp³-hybridized carbons (Fsp3) is 0.562. The maximum absolute atomic E-state index is 12.3. The topological polar surface area (TPSA) is 71.0 Å². The Balaban J connectivity index is 1.94. The number of hydrogen-bond acceptors (Lipinski definition) is 5. The lowest BCUT2D eigenvalue weighted by molar-refractivity contribution is 0.0937. The third-order valence-corrected chi connectivity index (χ3v) is 4.03. The van der Waals surface area contributed by atoms with E-state index in [-0.39, 0.29) is 12.5 Å². The minimum Gasteiger partial charge on any atom is -0.493 e. The van der Waals surface area contributed by atoms with Crippen LogP contribution in [0.3, 0.4) is 0 Å². The van der Waals surface area contributed by atoms with Crippen molar-refractivity contribution in [3.05, 3.63) is 23.8 Å². The number of aliphatic hydroxyl groups excluding tert-OH is 1. The summed E-state index contributed by atoms with van der Waals surface area (Å²) in [5.74, 6) is 1.01. The highest BCUT2D eigenvalue weighted by molar-refractivity contribution is 5.94. The first-order chi connectivity index (χ1) is 10.7. The molecular weight excluding hydrogens is 284 g/mol. The van der Waals surface area contributed by atoms with Crippen molar-refractivity contribution >= 4 is 5.91 Å². The van der Waals surface area contributed by atoms with Gasteiger partial charge in [-0.2, -0.15) is 0 Å². The van der Waals surface area contributed by atoms with E-state index < -0.39 is 0 Å². The Bertz CT molecular complexity index is 507. The number of β-amino-alcohol motifs (C(OH)–C–C–N with tert-alkyl or cyclic N) is 1. The molecule has 1 aliphatic rings. The molecular formula is C16H24N2O4. The molecule has 1 unspecified atom stereocenters. The van der Waals surface area contributed by atoms with Crippen LogP contribution in [-0.4, -0.2) is 62.4 Å². The Morgan fingerprint density at radius 1 is 1.36 bits per heavy atom. The minimum atomic E-state index is -0.128. The number of nitrogens with one attached hydrogen (secondary N) is 1. The first kappa shape index (κ1) is 16.6. The molecule has 0 bridgehead atoms. The SMILES string of the molecule is COc1ccc(C(=O)NCC2CCCN2CCO)cc1OC. The lowest BCUT2D eigenvalue weighted by Crippen LogP contribution is -2.41. The molecule has 1 amide bonds. The van der Waals surface area contributed by atoms with E-state index in [1.165, 1.54) is 0 Å². The summed E-state index contributed by atoms with van der Waals surface area (Å²) in [5.41, 5.74) is 0.546. The third kappa shape index (κ3) is 3.90. The van der Waals surface area contributed by atoms with Gasteiger partial charge in [-0.05, 0) is 37.6 Å². The van der Waals surface area contributed by atoms with Gasteiger partial charge in [-0.25, -0.2) is 0 Å². The molecule has 2 rings (SSSR count). The molecule has 1 aliphatic heterocycles. The molecule has 6 nitrogen and oxygen atoms in total.